The molecule has 0 aliphatic carbocycles. The monoisotopic (exact) mass is 305 g/mol. The fourth-order valence-corrected chi connectivity index (χ4v) is 3.19. The van der Waals surface area contributed by atoms with Crippen LogP contribution in [-0.4, -0.2) is 4.98 Å². The number of benzene rings is 2. The van der Waals surface area contributed by atoms with Crippen molar-refractivity contribution in [3.63, 3.8) is 0 Å². The van der Waals surface area contributed by atoms with Gasteiger partial charge in [-0.3, -0.25) is 0 Å². The Kier molecular flexibility index (Phi) is 3.93. The Labute approximate surface area is 138 Å². The fourth-order valence-electron chi connectivity index (χ4n) is 3.19. The first-order valence-corrected chi connectivity index (χ1v) is 8.25. The highest BCUT2D eigenvalue weighted by Gasteiger charge is 2.18. The molecular formula is C21H25N2+. The Morgan fingerprint density at radius 3 is 2.43 bits per heavy atom. The summed E-state index contributed by atoms with van der Waals surface area (Å²) in [4.78, 5) is 4.74. The van der Waals surface area contributed by atoms with Gasteiger partial charge < -0.3 is 0 Å². The summed E-state index contributed by atoms with van der Waals surface area (Å²) in [5.41, 5.74) is 9.95. The van der Waals surface area contributed by atoms with Crippen LogP contribution in [0.5, 0.6) is 0 Å². The van der Waals surface area contributed by atoms with Gasteiger partial charge in [0.2, 0.25) is 11.2 Å². The SMILES string of the molecule is Cc1cc(C)c(C)c(-c2cnc3cc(C(C)C)ccc3[n+]2C)c1. The first kappa shape index (κ1) is 15.7. The van der Waals surface area contributed by atoms with E-state index in [1.54, 1.807) is 0 Å². The minimum absolute atomic E-state index is 0.521. The smallest absolute Gasteiger partial charge is 0.231 e. The summed E-state index contributed by atoms with van der Waals surface area (Å²) in [5.74, 6) is 0.521. The zero-order chi connectivity index (χ0) is 16.7. The summed E-state index contributed by atoms with van der Waals surface area (Å²) in [6.07, 6.45) is 2.01. The van der Waals surface area contributed by atoms with Gasteiger partial charge in [0.15, 0.2) is 0 Å². The number of nitrogens with zero attached hydrogens (tertiary/aromatic N) is 2. The van der Waals surface area contributed by atoms with Crippen molar-refractivity contribution in [2.24, 2.45) is 7.05 Å². The quantitative estimate of drug-likeness (QED) is 0.623. The molecule has 0 aliphatic heterocycles. The molecule has 0 saturated carbocycles. The number of fused-ring (bicyclic) bond motifs is 1. The zero-order valence-electron chi connectivity index (χ0n) is 14.9. The maximum Gasteiger partial charge on any atom is 0.231 e. The second-order valence-electron chi connectivity index (χ2n) is 6.86. The van der Waals surface area contributed by atoms with Gasteiger partial charge >= 0.3 is 0 Å². The third-order valence-electron chi connectivity index (χ3n) is 4.80. The lowest BCUT2D eigenvalue weighted by Crippen LogP contribution is -2.32. The van der Waals surface area contributed by atoms with Gasteiger partial charge in [-0.05, 0) is 55.5 Å². The molecule has 0 radical (unpaired) electrons. The van der Waals surface area contributed by atoms with E-state index >= 15 is 0 Å². The van der Waals surface area contributed by atoms with Crippen molar-refractivity contribution in [3.05, 3.63) is 58.8 Å². The highest BCUT2D eigenvalue weighted by Crippen LogP contribution is 2.26. The molecule has 2 nitrogen and oxygen atoms in total. The van der Waals surface area contributed by atoms with Crippen LogP contribution in [0.2, 0.25) is 0 Å². The van der Waals surface area contributed by atoms with Gasteiger partial charge in [-0.15, -0.1) is 0 Å². The lowest BCUT2D eigenvalue weighted by Gasteiger charge is -2.11. The van der Waals surface area contributed by atoms with Crippen molar-refractivity contribution in [3.8, 4) is 11.3 Å². The molecule has 23 heavy (non-hydrogen) atoms. The number of hydrogen-bond acceptors (Lipinski definition) is 1. The molecule has 0 amide bonds. The third kappa shape index (κ3) is 2.74. The average Bonchev–Trinajstić information content (AvgIpc) is 2.51. The minimum atomic E-state index is 0.521. The summed E-state index contributed by atoms with van der Waals surface area (Å²) in [6.45, 7) is 11.0. The fraction of sp³-hybridized carbons (Fsp3) is 0.333. The molecule has 118 valence electrons. The summed E-state index contributed by atoms with van der Waals surface area (Å²) in [5, 5.41) is 0. The standard InChI is InChI=1S/C21H25N2/c1-13(2)17-7-8-20-19(11-17)22-12-21(23(20)6)18-10-14(3)9-15(4)16(18)5/h7-13H,1-6H3/q+1. The van der Waals surface area contributed by atoms with Crippen LogP contribution in [0.25, 0.3) is 22.3 Å². The molecule has 0 saturated heterocycles. The number of aromatic nitrogens is 2. The predicted molar refractivity (Wildman–Crippen MR) is 96.7 cm³/mol. The lowest BCUT2D eigenvalue weighted by atomic mass is 9.97. The van der Waals surface area contributed by atoms with Crippen LogP contribution < -0.4 is 4.57 Å². The van der Waals surface area contributed by atoms with Crippen molar-refractivity contribution in [2.45, 2.75) is 40.5 Å². The molecule has 2 aromatic carbocycles. The van der Waals surface area contributed by atoms with Crippen LogP contribution in [0.15, 0.2) is 36.5 Å². The molecule has 0 spiro atoms. The lowest BCUT2D eigenvalue weighted by molar-refractivity contribution is -0.634. The zero-order valence-corrected chi connectivity index (χ0v) is 14.9. The van der Waals surface area contributed by atoms with Gasteiger partial charge in [0, 0.05) is 6.07 Å². The summed E-state index contributed by atoms with van der Waals surface area (Å²) in [7, 11) is 2.13. The van der Waals surface area contributed by atoms with Crippen LogP contribution >= 0.6 is 0 Å². The van der Waals surface area contributed by atoms with E-state index in [-0.39, 0.29) is 0 Å². The van der Waals surface area contributed by atoms with Gasteiger partial charge in [-0.1, -0.05) is 31.5 Å². The molecule has 0 fully saturated rings. The van der Waals surface area contributed by atoms with Gasteiger partial charge in [-0.2, -0.15) is 4.57 Å². The van der Waals surface area contributed by atoms with E-state index in [0.29, 0.717) is 5.92 Å². The van der Waals surface area contributed by atoms with Crippen molar-refractivity contribution in [2.75, 3.05) is 0 Å². The molecule has 2 heteroatoms. The molecule has 0 unspecified atom stereocenters. The molecular weight excluding hydrogens is 280 g/mol. The van der Waals surface area contributed by atoms with Crippen LogP contribution in [0.1, 0.15) is 42.0 Å². The molecule has 1 aromatic heterocycles. The summed E-state index contributed by atoms with van der Waals surface area (Å²) in [6, 6.07) is 11.1. The predicted octanol–water partition coefficient (Wildman–Crippen LogP) is 4.77. The summed E-state index contributed by atoms with van der Waals surface area (Å²) >= 11 is 0. The highest BCUT2D eigenvalue weighted by molar-refractivity contribution is 5.74. The Hall–Kier alpha value is -2.22. The topological polar surface area (TPSA) is 16.8 Å². The molecule has 3 rings (SSSR count). The molecule has 0 aliphatic rings. The van der Waals surface area contributed by atoms with E-state index < -0.39 is 0 Å². The number of rotatable bonds is 2. The van der Waals surface area contributed by atoms with E-state index in [9.17, 15) is 0 Å². The largest absolute Gasteiger partial charge is 0.243 e. The highest BCUT2D eigenvalue weighted by atomic mass is 15.0. The Bertz CT molecular complexity index is 892. The van der Waals surface area contributed by atoms with Crippen molar-refractivity contribution < 1.29 is 4.57 Å². The van der Waals surface area contributed by atoms with E-state index in [0.717, 1.165) is 5.52 Å². The van der Waals surface area contributed by atoms with Crippen LogP contribution in [0.3, 0.4) is 0 Å². The van der Waals surface area contributed by atoms with E-state index in [1.807, 2.05) is 6.20 Å². The summed E-state index contributed by atoms with van der Waals surface area (Å²) < 4.78 is 2.26. The van der Waals surface area contributed by atoms with Gasteiger partial charge in [-0.25, -0.2) is 4.98 Å². The minimum Gasteiger partial charge on any atom is -0.243 e. The van der Waals surface area contributed by atoms with Gasteiger partial charge in [0.1, 0.15) is 18.8 Å². The Morgan fingerprint density at radius 1 is 1.00 bits per heavy atom. The van der Waals surface area contributed by atoms with Crippen molar-refractivity contribution in [1.82, 2.24) is 4.98 Å². The van der Waals surface area contributed by atoms with Crippen LogP contribution in [0.4, 0.5) is 0 Å². The van der Waals surface area contributed by atoms with Crippen molar-refractivity contribution >= 4 is 11.0 Å². The second-order valence-corrected chi connectivity index (χ2v) is 6.86. The molecule has 0 atom stereocenters. The van der Waals surface area contributed by atoms with Crippen LogP contribution in [-0.2, 0) is 7.05 Å². The van der Waals surface area contributed by atoms with Gasteiger partial charge in [0.25, 0.3) is 0 Å². The number of hydrogen-bond donors (Lipinski definition) is 0. The third-order valence-corrected chi connectivity index (χ3v) is 4.80. The van der Waals surface area contributed by atoms with Crippen LogP contribution in [0, 0.1) is 20.8 Å². The Morgan fingerprint density at radius 2 is 1.74 bits per heavy atom. The first-order valence-electron chi connectivity index (χ1n) is 8.25. The maximum atomic E-state index is 4.74. The van der Waals surface area contributed by atoms with E-state index in [2.05, 4.69) is 76.6 Å². The number of aryl methyl sites for hydroxylation is 3. The molecule has 1 heterocycles. The second kappa shape index (κ2) is 5.77. The van der Waals surface area contributed by atoms with Gasteiger partial charge in [0.05, 0.1) is 5.56 Å². The Balaban J connectivity index is 2.24. The molecule has 0 N–H and O–H groups in total. The average molecular weight is 305 g/mol. The molecule has 0 bridgehead atoms. The first-order chi connectivity index (χ1) is 10.9. The van der Waals surface area contributed by atoms with E-state index in [1.165, 1.54) is 39.0 Å². The van der Waals surface area contributed by atoms with E-state index in [4.69, 9.17) is 4.98 Å². The normalized spacial score (nSPS) is 11.4. The van der Waals surface area contributed by atoms with Crippen molar-refractivity contribution in [1.29, 1.82) is 0 Å². The maximum absolute atomic E-state index is 4.74. The molecule has 3 aromatic rings.